The Hall–Kier alpha value is -3.07. The number of alkyl halides is 2. The third kappa shape index (κ3) is 3.06. The maximum absolute atomic E-state index is 14.0. The molecule has 0 N–H and O–H groups in total. The van der Waals surface area contributed by atoms with Crippen molar-refractivity contribution in [2.24, 2.45) is 0 Å². The molecule has 1 aromatic heterocycles. The molecule has 3 aromatic carbocycles. The largest absolute Gasteiger partial charge is 0.252 e. The van der Waals surface area contributed by atoms with E-state index in [9.17, 15) is 8.78 Å². The minimum absolute atomic E-state index is 0.0192. The maximum atomic E-state index is 14.0. The Morgan fingerprint density at radius 2 is 1.69 bits per heavy atom. The summed E-state index contributed by atoms with van der Waals surface area (Å²) in [7, 11) is 0. The molecule has 2 aliphatic rings. The summed E-state index contributed by atoms with van der Waals surface area (Å²) < 4.78 is 28.0. The lowest BCUT2D eigenvalue weighted by Crippen LogP contribution is -2.09. The molecule has 0 bridgehead atoms. The molecule has 0 aliphatic heterocycles. The van der Waals surface area contributed by atoms with E-state index in [0.717, 1.165) is 34.1 Å². The fourth-order valence-electron chi connectivity index (χ4n) is 5.79. The molecule has 2 aliphatic carbocycles. The highest BCUT2D eigenvalue weighted by Crippen LogP contribution is 2.47. The monoisotopic (exact) mass is 425 g/mol. The van der Waals surface area contributed by atoms with Crippen LogP contribution in [0, 0.1) is 13.8 Å². The number of nitrogens with zero attached hydrogens (tertiary/aromatic N) is 1. The van der Waals surface area contributed by atoms with Crippen LogP contribution >= 0.6 is 0 Å². The van der Waals surface area contributed by atoms with Crippen molar-refractivity contribution in [3.8, 4) is 22.4 Å². The fraction of sp³-hybridized carbons (Fsp3) is 0.276. The summed E-state index contributed by atoms with van der Waals surface area (Å²) in [6, 6.07) is 21.3. The molecule has 1 atom stereocenters. The molecule has 0 saturated heterocycles. The molecule has 0 radical (unpaired) electrons. The quantitative estimate of drug-likeness (QED) is 0.279. The van der Waals surface area contributed by atoms with Gasteiger partial charge in [0, 0.05) is 29.5 Å². The summed E-state index contributed by atoms with van der Waals surface area (Å²) in [5.74, 6) is -2.66. The summed E-state index contributed by atoms with van der Waals surface area (Å²) in [4.78, 5) is 5.00. The lowest BCUT2D eigenvalue weighted by molar-refractivity contribution is 0.00780. The molecule has 4 aromatic rings. The third-order valence-corrected chi connectivity index (χ3v) is 7.20. The zero-order valence-electron chi connectivity index (χ0n) is 18.4. The number of fused-ring (bicyclic) bond motifs is 4. The van der Waals surface area contributed by atoms with Crippen LogP contribution in [0.3, 0.4) is 0 Å². The molecule has 1 unspecified atom stereocenters. The fourth-order valence-corrected chi connectivity index (χ4v) is 5.79. The van der Waals surface area contributed by atoms with Crippen molar-refractivity contribution in [1.29, 1.82) is 0 Å². The summed E-state index contributed by atoms with van der Waals surface area (Å²) in [5, 5.41) is 2.13. The summed E-state index contributed by atoms with van der Waals surface area (Å²) in [5.41, 5.74) is 10.6. The van der Waals surface area contributed by atoms with Gasteiger partial charge in [-0.15, -0.1) is 0 Å². The molecule has 0 amide bonds. The van der Waals surface area contributed by atoms with E-state index in [-0.39, 0.29) is 18.8 Å². The van der Waals surface area contributed by atoms with Crippen LogP contribution in [0.1, 0.15) is 53.1 Å². The minimum Gasteiger partial charge on any atom is -0.252 e. The van der Waals surface area contributed by atoms with E-state index in [4.69, 9.17) is 4.98 Å². The normalized spacial score (nSPS) is 18.7. The van der Waals surface area contributed by atoms with Gasteiger partial charge in [-0.2, -0.15) is 0 Å². The molecular formula is C29H25F2N. The Bertz CT molecular complexity index is 1390. The van der Waals surface area contributed by atoms with Gasteiger partial charge in [0.05, 0.1) is 5.69 Å². The van der Waals surface area contributed by atoms with Crippen LogP contribution < -0.4 is 0 Å². The second kappa shape index (κ2) is 6.96. The van der Waals surface area contributed by atoms with E-state index in [1.165, 1.54) is 33.4 Å². The average Bonchev–Trinajstić information content (AvgIpc) is 3.32. The number of aryl methyl sites for hydroxylation is 2. The van der Waals surface area contributed by atoms with Gasteiger partial charge >= 0.3 is 0 Å². The average molecular weight is 426 g/mol. The first-order chi connectivity index (χ1) is 15.4. The number of pyridine rings is 1. The SMILES string of the molecule is Cc1cc2c(c(-c3nc(C)cc4c(C5CCC(F)(F)C5)cccc34)c1)Cc1ccccc1-2. The lowest BCUT2D eigenvalue weighted by Gasteiger charge is -2.18. The zero-order valence-corrected chi connectivity index (χ0v) is 18.4. The smallest absolute Gasteiger partial charge is 0.248 e. The molecule has 1 nitrogen and oxygen atoms in total. The third-order valence-electron chi connectivity index (χ3n) is 7.20. The van der Waals surface area contributed by atoms with Gasteiger partial charge in [0.2, 0.25) is 5.92 Å². The van der Waals surface area contributed by atoms with Crippen molar-refractivity contribution in [3.05, 3.63) is 88.6 Å². The van der Waals surface area contributed by atoms with E-state index < -0.39 is 5.92 Å². The Labute approximate surface area is 187 Å². The van der Waals surface area contributed by atoms with Gasteiger partial charge in [0.15, 0.2) is 0 Å². The second-order valence-corrected chi connectivity index (χ2v) is 9.52. The summed E-state index contributed by atoms with van der Waals surface area (Å²) >= 11 is 0. The Morgan fingerprint density at radius 3 is 2.50 bits per heavy atom. The molecule has 32 heavy (non-hydrogen) atoms. The van der Waals surface area contributed by atoms with Crippen molar-refractivity contribution in [3.63, 3.8) is 0 Å². The zero-order chi connectivity index (χ0) is 22.0. The van der Waals surface area contributed by atoms with E-state index in [2.05, 4.69) is 55.5 Å². The van der Waals surface area contributed by atoms with Crippen molar-refractivity contribution in [2.45, 2.75) is 51.4 Å². The molecular weight excluding hydrogens is 400 g/mol. The highest BCUT2D eigenvalue weighted by Gasteiger charge is 2.40. The van der Waals surface area contributed by atoms with Gasteiger partial charge in [-0.25, -0.2) is 8.78 Å². The van der Waals surface area contributed by atoms with Crippen molar-refractivity contribution in [1.82, 2.24) is 4.98 Å². The molecule has 3 heteroatoms. The van der Waals surface area contributed by atoms with E-state index in [1.807, 2.05) is 19.1 Å². The van der Waals surface area contributed by atoms with Crippen LogP contribution in [0.25, 0.3) is 33.2 Å². The molecule has 160 valence electrons. The van der Waals surface area contributed by atoms with E-state index in [0.29, 0.717) is 6.42 Å². The summed E-state index contributed by atoms with van der Waals surface area (Å²) in [6.45, 7) is 4.14. The lowest BCUT2D eigenvalue weighted by atomic mass is 9.89. The Morgan fingerprint density at radius 1 is 0.875 bits per heavy atom. The number of benzene rings is 3. The van der Waals surface area contributed by atoms with Crippen LogP contribution in [0.4, 0.5) is 8.78 Å². The minimum atomic E-state index is -2.55. The van der Waals surface area contributed by atoms with Crippen LogP contribution in [0.5, 0.6) is 0 Å². The number of rotatable bonds is 2. The Kier molecular flexibility index (Phi) is 4.27. The summed E-state index contributed by atoms with van der Waals surface area (Å²) in [6.07, 6.45) is 1.36. The highest BCUT2D eigenvalue weighted by atomic mass is 19.3. The van der Waals surface area contributed by atoms with Crippen molar-refractivity contribution >= 4 is 10.8 Å². The van der Waals surface area contributed by atoms with E-state index >= 15 is 0 Å². The van der Waals surface area contributed by atoms with Crippen LogP contribution in [0.2, 0.25) is 0 Å². The molecule has 0 spiro atoms. The first-order valence-electron chi connectivity index (χ1n) is 11.4. The van der Waals surface area contributed by atoms with Crippen LogP contribution in [-0.4, -0.2) is 10.9 Å². The van der Waals surface area contributed by atoms with Gasteiger partial charge < -0.3 is 0 Å². The van der Waals surface area contributed by atoms with Crippen molar-refractivity contribution in [2.75, 3.05) is 0 Å². The van der Waals surface area contributed by atoms with Crippen molar-refractivity contribution < 1.29 is 8.78 Å². The predicted molar refractivity (Wildman–Crippen MR) is 126 cm³/mol. The molecule has 6 rings (SSSR count). The van der Waals surface area contributed by atoms with Crippen LogP contribution in [0.15, 0.2) is 60.7 Å². The maximum Gasteiger partial charge on any atom is 0.248 e. The van der Waals surface area contributed by atoms with Gasteiger partial charge in [0.1, 0.15) is 0 Å². The predicted octanol–water partition coefficient (Wildman–Crippen LogP) is 7.99. The first-order valence-corrected chi connectivity index (χ1v) is 11.4. The second-order valence-electron chi connectivity index (χ2n) is 9.52. The van der Waals surface area contributed by atoms with E-state index in [1.54, 1.807) is 0 Å². The number of hydrogen-bond acceptors (Lipinski definition) is 1. The standard InChI is InChI=1S/C29H25F2N/c1-17-12-24-21-7-4-3-6-19(21)15-26(24)27(13-17)28-23-9-5-8-22(25(23)14-18(2)32-28)20-10-11-29(30,31)16-20/h3-9,12-14,20H,10-11,15-16H2,1-2H3. The van der Waals surface area contributed by atoms with Gasteiger partial charge in [0.25, 0.3) is 0 Å². The first kappa shape index (κ1) is 19.6. The number of halogens is 2. The topological polar surface area (TPSA) is 12.9 Å². The molecule has 1 fully saturated rings. The van der Waals surface area contributed by atoms with Gasteiger partial charge in [-0.1, -0.05) is 48.5 Å². The number of aromatic nitrogens is 1. The molecule has 1 saturated carbocycles. The van der Waals surface area contributed by atoms with Gasteiger partial charge in [-0.3, -0.25) is 4.98 Å². The highest BCUT2D eigenvalue weighted by molar-refractivity contribution is 5.99. The Balaban J connectivity index is 1.58. The molecule has 1 heterocycles. The number of hydrogen-bond donors (Lipinski definition) is 0. The van der Waals surface area contributed by atoms with Gasteiger partial charge in [-0.05, 0) is 83.5 Å². The van der Waals surface area contributed by atoms with Crippen LogP contribution in [-0.2, 0) is 6.42 Å².